The van der Waals surface area contributed by atoms with Crippen LogP contribution in [0.1, 0.15) is 36.0 Å². The summed E-state index contributed by atoms with van der Waals surface area (Å²) in [6, 6.07) is 4.98. The number of nitrogen functional groups attached to an aromatic ring is 1. The molecule has 5 heteroatoms. The monoisotopic (exact) mass is 277 g/mol. The average Bonchev–Trinajstić information content (AvgIpc) is 2.87. The maximum Gasteiger partial charge on any atom is 0.337 e. The molecule has 0 aliphatic heterocycles. The molecule has 1 aliphatic carbocycles. The largest absolute Gasteiger partial charge is 0.478 e. The van der Waals surface area contributed by atoms with E-state index in [0.717, 1.165) is 12.8 Å². The number of likely N-dealkylation sites (N-methyl/N-ethyl adjacent to an activating group) is 1. The molecule has 0 aromatic heterocycles. The quantitative estimate of drug-likeness (QED) is 0.719. The summed E-state index contributed by atoms with van der Waals surface area (Å²) in [4.78, 5) is 13.5. The third kappa shape index (κ3) is 2.72. The van der Waals surface area contributed by atoms with Crippen LogP contribution in [0.3, 0.4) is 0 Å². The topological polar surface area (TPSA) is 78.6 Å². The lowest BCUT2D eigenvalue weighted by Gasteiger charge is -2.37. The minimum Gasteiger partial charge on any atom is -0.478 e. The van der Waals surface area contributed by atoms with Crippen LogP contribution in [-0.4, -0.2) is 42.2 Å². The molecule has 1 aromatic carbocycles. The molecule has 1 aromatic rings. The van der Waals surface area contributed by atoms with Crippen molar-refractivity contribution in [3.63, 3.8) is 0 Å². The SMILES string of the molecule is CN(C)C1(CNc2c(N)cccc2C(=O)O)CCCC1. The summed E-state index contributed by atoms with van der Waals surface area (Å²) in [5.41, 5.74) is 7.27. The Kier molecular flexibility index (Phi) is 4.18. The standard InChI is InChI=1S/C15H23N3O2/c1-18(2)15(8-3-4-9-15)10-17-13-11(14(19)20)6-5-7-12(13)16/h5-7,17H,3-4,8-10,16H2,1-2H3,(H,19,20). The third-order valence-corrected chi connectivity index (χ3v) is 4.40. The van der Waals surface area contributed by atoms with Gasteiger partial charge in [0.2, 0.25) is 0 Å². The molecule has 0 bridgehead atoms. The number of aromatic carboxylic acids is 1. The Labute approximate surface area is 119 Å². The van der Waals surface area contributed by atoms with Gasteiger partial charge in [0.15, 0.2) is 0 Å². The van der Waals surface area contributed by atoms with E-state index < -0.39 is 5.97 Å². The lowest BCUT2D eigenvalue weighted by Crippen LogP contribution is -2.47. The van der Waals surface area contributed by atoms with Crippen LogP contribution < -0.4 is 11.1 Å². The predicted octanol–water partition coefficient (Wildman–Crippen LogP) is 2.25. The molecule has 1 saturated carbocycles. The summed E-state index contributed by atoms with van der Waals surface area (Å²) < 4.78 is 0. The molecule has 110 valence electrons. The summed E-state index contributed by atoms with van der Waals surface area (Å²) in [5.74, 6) is -0.954. The van der Waals surface area contributed by atoms with Crippen molar-refractivity contribution >= 4 is 17.3 Å². The molecule has 0 amide bonds. The van der Waals surface area contributed by atoms with E-state index in [4.69, 9.17) is 5.73 Å². The molecule has 0 radical (unpaired) electrons. The number of anilines is 2. The van der Waals surface area contributed by atoms with Crippen LogP contribution in [0.15, 0.2) is 18.2 Å². The second-order valence-corrected chi connectivity index (χ2v) is 5.75. The van der Waals surface area contributed by atoms with Crippen molar-refractivity contribution in [3.8, 4) is 0 Å². The van der Waals surface area contributed by atoms with Crippen LogP contribution in [0.4, 0.5) is 11.4 Å². The number of carboxylic acids is 1. The first-order valence-corrected chi connectivity index (χ1v) is 6.99. The van der Waals surface area contributed by atoms with Gasteiger partial charge in [-0.1, -0.05) is 18.9 Å². The number of para-hydroxylation sites is 1. The number of carbonyl (C=O) groups is 1. The van der Waals surface area contributed by atoms with E-state index in [0.29, 0.717) is 17.9 Å². The van der Waals surface area contributed by atoms with E-state index in [1.54, 1.807) is 18.2 Å². The Balaban J connectivity index is 2.20. The summed E-state index contributed by atoms with van der Waals surface area (Å²) in [6.07, 6.45) is 4.69. The minimum absolute atomic E-state index is 0.0953. The Morgan fingerprint density at radius 2 is 2.05 bits per heavy atom. The van der Waals surface area contributed by atoms with Crippen molar-refractivity contribution in [2.24, 2.45) is 0 Å². The average molecular weight is 277 g/mol. The van der Waals surface area contributed by atoms with E-state index in [9.17, 15) is 9.90 Å². The van der Waals surface area contributed by atoms with Gasteiger partial charge >= 0.3 is 5.97 Å². The fourth-order valence-corrected chi connectivity index (χ4v) is 3.01. The first-order chi connectivity index (χ1) is 9.46. The van der Waals surface area contributed by atoms with Gasteiger partial charge < -0.3 is 21.1 Å². The van der Waals surface area contributed by atoms with E-state index in [1.165, 1.54) is 12.8 Å². The first-order valence-electron chi connectivity index (χ1n) is 6.99. The van der Waals surface area contributed by atoms with Gasteiger partial charge in [0.05, 0.1) is 16.9 Å². The molecule has 0 heterocycles. The van der Waals surface area contributed by atoms with Crippen molar-refractivity contribution in [2.45, 2.75) is 31.2 Å². The van der Waals surface area contributed by atoms with Gasteiger partial charge in [-0.05, 0) is 39.1 Å². The van der Waals surface area contributed by atoms with Gasteiger partial charge in [0.25, 0.3) is 0 Å². The van der Waals surface area contributed by atoms with Crippen LogP contribution in [0.25, 0.3) is 0 Å². The number of rotatable bonds is 5. The summed E-state index contributed by atoms with van der Waals surface area (Å²) in [5, 5.41) is 12.5. The maximum atomic E-state index is 11.3. The number of hydrogen-bond acceptors (Lipinski definition) is 4. The number of benzene rings is 1. The zero-order chi connectivity index (χ0) is 14.8. The molecule has 4 N–H and O–H groups in total. The van der Waals surface area contributed by atoms with E-state index in [-0.39, 0.29) is 11.1 Å². The van der Waals surface area contributed by atoms with Crippen molar-refractivity contribution in [1.82, 2.24) is 4.90 Å². The normalized spacial score (nSPS) is 17.4. The lowest BCUT2D eigenvalue weighted by molar-refractivity contribution is 0.0698. The first kappa shape index (κ1) is 14.7. The molecule has 2 rings (SSSR count). The summed E-state index contributed by atoms with van der Waals surface area (Å²) in [6.45, 7) is 0.717. The highest BCUT2D eigenvalue weighted by Gasteiger charge is 2.36. The van der Waals surface area contributed by atoms with Gasteiger partial charge in [0.1, 0.15) is 0 Å². The molecule has 20 heavy (non-hydrogen) atoms. The molecular weight excluding hydrogens is 254 g/mol. The Hall–Kier alpha value is -1.75. The Morgan fingerprint density at radius 1 is 1.40 bits per heavy atom. The lowest BCUT2D eigenvalue weighted by atomic mass is 9.95. The van der Waals surface area contributed by atoms with E-state index in [1.807, 2.05) is 0 Å². The second-order valence-electron chi connectivity index (χ2n) is 5.75. The molecule has 0 saturated heterocycles. The van der Waals surface area contributed by atoms with Gasteiger partial charge in [-0.2, -0.15) is 0 Å². The fraction of sp³-hybridized carbons (Fsp3) is 0.533. The molecule has 0 atom stereocenters. The summed E-state index contributed by atoms with van der Waals surface area (Å²) in [7, 11) is 4.17. The number of nitrogens with two attached hydrogens (primary N) is 1. The van der Waals surface area contributed by atoms with E-state index in [2.05, 4.69) is 24.3 Å². The zero-order valence-corrected chi connectivity index (χ0v) is 12.1. The van der Waals surface area contributed by atoms with Crippen molar-refractivity contribution in [3.05, 3.63) is 23.8 Å². The molecule has 1 fully saturated rings. The molecular formula is C15H23N3O2. The molecule has 1 aliphatic rings. The van der Waals surface area contributed by atoms with Gasteiger partial charge in [-0.3, -0.25) is 0 Å². The van der Waals surface area contributed by atoms with Crippen molar-refractivity contribution in [2.75, 3.05) is 31.7 Å². The van der Waals surface area contributed by atoms with Crippen LogP contribution in [0.2, 0.25) is 0 Å². The number of nitrogens with one attached hydrogen (secondary N) is 1. The smallest absolute Gasteiger partial charge is 0.337 e. The Bertz CT molecular complexity index is 494. The van der Waals surface area contributed by atoms with Gasteiger partial charge in [-0.15, -0.1) is 0 Å². The highest BCUT2D eigenvalue weighted by molar-refractivity contribution is 5.97. The number of carboxylic acid groups (broad SMARTS) is 1. The second kappa shape index (κ2) is 5.71. The van der Waals surface area contributed by atoms with Crippen molar-refractivity contribution in [1.29, 1.82) is 0 Å². The number of hydrogen-bond donors (Lipinski definition) is 3. The van der Waals surface area contributed by atoms with Crippen LogP contribution in [0.5, 0.6) is 0 Å². The predicted molar refractivity (Wildman–Crippen MR) is 81.2 cm³/mol. The van der Waals surface area contributed by atoms with Crippen molar-refractivity contribution < 1.29 is 9.90 Å². The van der Waals surface area contributed by atoms with E-state index >= 15 is 0 Å². The van der Waals surface area contributed by atoms with Gasteiger partial charge in [0, 0.05) is 12.1 Å². The van der Waals surface area contributed by atoms with Crippen LogP contribution in [0, 0.1) is 0 Å². The molecule has 0 unspecified atom stereocenters. The maximum absolute atomic E-state index is 11.3. The Morgan fingerprint density at radius 3 is 2.60 bits per heavy atom. The highest BCUT2D eigenvalue weighted by Crippen LogP contribution is 2.35. The fourth-order valence-electron chi connectivity index (χ4n) is 3.01. The molecule has 5 nitrogen and oxygen atoms in total. The third-order valence-electron chi connectivity index (χ3n) is 4.40. The van der Waals surface area contributed by atoms with Gasteiger partial charge in [-0.25, -0.2) is 4.79 Å². The highest BCUT2D eigenvalue weighted by atomic mass is 16.4. The molecule has 0 spiro atoms. The van der Waals surface area contributed by atoms with Crippen LogP contribution in [-0.2, 0) is 0 Å². The summed E-state index contributed by atoms with van der Waals surface area (Å²) >= 11 is 0. The zero-order valence-electron chi connectivity index (χ0n) is 12.1. The minimum atomic E-state index is -0.954. The van der Waals surface area contributed by atoms with Crippen LogP contribution >= 0.6 is 0 Å². The number of nitrogens with zero attached hydrogens (tertiary/aromatic N) is 1.